The second-order valence-electron chi connectivity index (χ2n) is 8.79. The molecule has 1 amide bonds. The van der Waals surface area contributed by atoms with Crippen molar-refractivity contribution in [1.82, 2.24) is 20.5 Å². The van der Waals surface area contributed by atoms with Gasteiger partial charge in [0.2, 0.25) is 0 Å². The van der Waals surface area contributed by atoms with Gasteiger partial charge < -0.3 is 25.2 Å². The van der Waals surface area contributed by atoms with E-state index in [1.54, 1.807) is 13.2 Å². The zero-order valence-electron chi connectivity index (χ0n) is 18.3. The minimum Gasteiger partial charge on any atom is -0.444 e. The van der Waals surface area contributed by atoms with E-state index >= 15 is 0 Å². The van der Waals surface area contributed by atoms with Crippen molar-refractivity contribution in [3.63, 3.8) is 0 Å². The molecule has 0 radical (unpaired) electrons. The van der Waals surface area contributed by atoms with Crippen molar-refractivity contribution in [2.24, 2.45) is 4.99 Å². The molecule has 3 rings (SSSR count). The van der Waals surface area contributed by atoms with E-state index in [1.807, 2.05) is 37.8 Å². The number of guanidine groups is 1. The molecule has 1 aliphatic heterocycles. The second-order valence-corrected chi connectivity index (χ2v) is 9.20. The molecule has 0 bridgehead atoms. The number of ether oxygens (including phenoxy) is 1. The largest absolute Gasteiger partial charge is 0.444 e. The number of hydrogen-bond donors (Lipinski definition) is 2. The smallest absolute Gasteiger partial charge is 0.410 e. The van der Waals surface area contributed by atoms with Crippen molar-refractivity contribution < 1.29 is 9.53 Å². The van der Waals surface area contributed by atoms with Gasteiger partial charge in [-0.3, -0.25) is 4.99 Å². The Morgan fingerprint density at radius 2 is 2.17 bits per heavy atom. The lowest BCUT2D eigenvalue weighted by atomic mass is 10.2. The van der Waals surface area contributed by atoms with Crippen LogP contribution in [-0.2, 0) is 4.74 Å². The third kappa shape index (κ3) is 6.39. The van der Waals surface area contributed by atoms with Gasteiger partial charge >= 0.3 is 6.09 Å². The van der Waals surface area contributed by atoms with Crippen molar-refractivity contribution in [3.8, 4) is 0 Å². The molecule has 8 nitrogen and oxygen atoms in total. The van der Waals surface area contributed by atoms with Gasteiger partial charge in [0, 0.05) is 51.5 Å². The molecule has 30 heavy (non-hydrogen) atoms. The normalized spacial score (nSPS) is 19.6. The Hall–Kier alpha value is -2.22. The lowest BCUT2D eigenvalue weighted by Crippen LogP contribution is -2.48. The van der Waals surface area contributed by atoms with Crippen LogP contribution >= 0.6 is 11.6 Å². The number of hydrogen-bond acceptors (Lipinski definition) is 5. The summed E-state index contributed by atoms with van der Waals surface area (Å²) >= 11 is 6.28. The number of anilines is 1. The van der Waals surface area contributed by atoms with Crippen molar-refractivity contribution in [2.75, 3.05) is 38.1 Å². The van der Waals surface area contributed by atoms with Crippen molar-refractivity contribution in [3.05, 3.63) is 23.4 Å². The minimum atomic E-state index is -0.486. The highest BCUT2D eigenvalue weighted by Gasteiger charge is 2.35. The molecule has 2 N–H and O–H groups in total. The van der Waals surface area contributed by atoms with E-state index in [4.69, 9.17) is 16.3 Å². The number of amides is 1. The number of nitrogens with one attached hydrogen (secondary N) is 2. The first kappa shape index (κ1) is 22.5. The first-order valence-corrected chi connectivity index (χ1v) is 11.0. The molecule has 0 aromatic carbocycles. The fourth-order valence-corrected chi connectivity index (χ4v) is 3.73. The molecule has 166 valence electrons. The fourth-order valence-electron chi connectivity index (χ4n) is 3.49. The molecule has 1 aliphatic carbocycles. The van der Waals surface area contributed by atoms with Crippen LogP contribution in [0, 0.1) is 0 Å². The van der Waals surface area contributed by atoms with Crippen LogP contribution in [0.15, 0.2) is 23.3 Å². The minimum absolute atomic E-state index is 0.242. The van der Waals surface area contributed by atoms with Crippen LogP contribution in [0.1, 0.15) is 40.0 Å². The van der Waals surface area contributed by atoms with Gasteiger partial charge in [0.05, 0.1) is 5.02 Å². The predicted molar refractivity (Wildman–Crippen MR) is 120 cm³/mol. The molecule has 1 saturated heterocycles. The Balaban J connectivity index is 1.46. The first-order valence-electron chi connectivity index (χ1n) is 10.6. The number of carbonyl (C=O) groups is 1. The van der Waals surface area contributed by atoms with Gasteiger partial charge in [-0.2, -0.15) is 0 Å². The van der Waals surface area contributed by atoms with Crippen LogP contribution in [0.3, 0.4) is 0 Å². The molecule has 9 heteroatoms. The number of rotatable bonds is 6. The molecular formula is C21H33ClN6O2. The fraction of sp³-hybridized carbons (Fsp3) is 0.667. The Labute approximate surface area is 184 Å². The summed E-state index contributed by atoms with van der Waals surface area (Å²) in [5.74, 6) is 1.55. The maximum absolute atomic E-state index is 12.5. The third-order valence-electron chi connectivity index (χ3n) is 5.05. The Morgan fingerprint density at radius 1 is 1.40 bits per heavy atom. The number of aromatic nitrogens is 1. The highest BCUT2D eigenvalue weighted by atomic mass is 35.5. The van der Waals surface area contributed by atoms with Gasteiger partial charge in [-0.05, 0) is 52.2 Å². The van der Waals surface area contributed by atoms with E-state index in [1.165, 1.54) is 0 Å². The molecule has 2 fully saturated rings. The summed E-state index contributed by atoms with van der Waals surface area (Å²) < 4.78 is 5.55. The van der Waals surface area contributed by atoms with Gasteiger partial charge in [0.1, 0.15) is 11.4 Å². The van der Waals surface area contributed by atoms with E-state index < -0.39 is 5.60 Å². The molecule has 1 aromatic heterocycles. The molecule has 1 saturated carbocycles. The lowest BCUT2D eigenvalue weighted by molar-refractivity contribution is 0.0238. The third-order valence-corrected chi connectivity index (χ3v) is 5.35. The van der Waals surface area contributed by atoms with Gasteiger partial charge in [0.15, 0.2) is 5.96 Å². The summed E-state index contributed by atoms with van der Waals surface area (Å²) in [6.07, 6.45) is 4.58. The van der Waals surface area contributed by atoms with E-state index in [2.05, 4.69) is 25.5 Å². The summed E-state index contributed by atoms with van der Waals surface area (Å²) in [7, 11) is 1.75. The zero-order chi connectivity index (χ0) is 21.7. The van der Waals surface area contributed by atoms with Crippen LogP contribution in [-0.4, -0.2) is 72.8 Å². The highest BCUT2D eigenvalue weighted by Crippen LogP contribution is 2.28. The van der Waals surface area contributed by atoms with E-state index in [9.17, 15) is 4.79 Å². The maximum Gasteiger partial charge on any atom is 0.410 e. The molecular weight excluding hydrogens is 404 g/mol. The van der Waals surface area contributed by atoms with E-state index in [-0.39, 0.29) is 12.1 Å². The Morgan fingerprint density at radius 3 is 2.80 bits per heavy atom. The van der Waals surface area contributed by atoms with Crippen LogP contribution in [0.2, 0.25) is 5.02 Å². The average Bonchev–Trinajstić information content (AvgIpc) is 3.41. The summed E-state index contributed by atoms with van der Waals surface area (Å²) in [6.45, 7) is 8.57. The van der Waals surface area contributed by atoms with Crippen molar-refractivity contribution >= 4 is 29.5 Å². The number of nitrogens with zero attached hydrogens (tertiary/aromatic N) is 4. The standard InChI is InChI=1S/C21H33ClN6O2/c1-21(2,3)30-20(29)28(16-7-8-16)13-11-25-19(23-4)26-15-9-12-27(14-15)18-17(22)6-5-10-24-18/h5-6,10,15-16H,7-9,11-14H2,1-4H3,(H2,23,25,26). The maximum atomic E-state index is 12.5. The molecule has 1 atom stereocenters. The predicted octanol–water partition coefficient (Wildman–Crippen LogP) is 2.88. The Bertz CT molecular complexity index is 762. The van der Waals surface area contributed by atoms with Gasteiger partial charge in [-0.15, -0.1) is 0 Å². The molecule has 2 aliphatic rings. The lowest BCUT2D eigenvalue weighted by Gasteiger charge is -2.28. The molecule has 1 unspecified atom stereocenters. The van der Waals surface area contributed by atoms with Crippen LogP contribution in [0.25, 0.3) is 0 Å². The van der Waals surface area contributed by atoms with Crippen LogP contribution in [0.5, 0.6) is 0 Å². The quantitative estimate of drug-likeness (QED) is 0.527. The van der Waals surface area contributed by atoms with E-state index in [0.717, 1.165) is 44.1 Å². The second kappa shape index (κ2) is 9.73. The highest BCUT2D eigenvalue weighted by molar-refractivity contribution is 6.32. The summed E-state index contributed by atoms with van der Waals surface area (Å²) in [5, 5.41) is 7.45. The topological polar surface area (TPSA) is 82.1 Å². The zero-order valence-corrected chi connectivity index (χ0v) is 19.1. The van der Waals surface area contributed by atoms with Crippen molar-refractivity contribution in [1.29, 1.82) is 0 Å². The van der Waals surface area contributed by atoms with Crippen LogP contribution in [0.4, 0.5) is 10.6 Å². The Kier molecular flexibility index (Phi) is 7.28. The van der Waals surface area contributed by atoms with Gasteiger partial charge in [-0.25, -0.2) is 9.78 Å². The monoisotopic (exact) mass is 436 g/mol. The van der Waals surface area contributed by atoms with E-state index in [0.29, 0.717) is 24.2 Å². The van der Waals surface area contributed by atoms with Gasteiger partial charge in [-0.1, -0.05) is 11.6 Å². The van der Waals surface area contributed by atoms with Crippen molar-refractivity contribution in [2.45, 2.75) is 57.7 Å². The molecule has 0 spiro atoms. The number of aliphatic imine (C=N–C) groups is 1. The number of carbonyl (C=O) groups excluding carboxylic acids is 1. The summed E-state index contributed by atoms with van der Waals surface area (Å²) in [4.78, 5) is 25.2. The summed E-state index contributed by atoms with van der Waals surface area (Å²) in [6, 6.07) is 4.25. The average molecular weight is 437 g/mol. The SMILES string of the molecule is CN=C(NCCN(C(=O)OC(C)(C)C)C1CC1)NC1CCN(c2ncccc2Cl)C1. The summed E-state index contributed by atoms with van der Waals surface area (Å²) in [5.41, 5.74) is -0.486. The van der Waals surface area contributed by atoms with Crippen LogP contribution < -0.4 is 15.5 Å². The number of halogens is 1. The molecule has 1 aromatic rings. The number of pyridine rings is 1. The molecule has 2 heterocycles. The van der Waals surface area contributed by atoms with Gasteiger partial charge in [0.25, 0.3) is 0 Å². The first-order chi connectivity index (χ1) is 14.3.